The zero-order valence-corrected chi connectivity index (χ0v) is 39.6. The number of carbonyl (C=O) groups is 2. The van der Waals surface area contributed by atoms with Gasteiger partial charge in [-0.15, -0.1) is 25.3 Å². The van der Waals surface area contributed by atoms with E-state index in [1.54, 1.807) is 24.3 Å². The lowest BCUT2D eigenvalue weighted by Crippen LogP contribution is -2.22. The Balaban J connectivity index is 0.000000229. The Morgan fingerprint density at radius 2 is 1.28 bits per heavy atom. The molecule has 0 radical (unpaired) electrons. The van der Waals surface area contributed by atoms with Gasteiger partial charge in [-0.3, -0.25) is 14.7 Å². The van der Waals surface area contributed by atoms with Gasteiger partial charge in [0.25, 0.3) is 11.8 Å². The number of halogens is 7. The molecule has 3 N–H and O–H groups in total. The predicted octanol–water partition coefficient (Wildman–Crippen LogP) is 9.42. The first-order valence-corrected chi connectivity index (χ1v) is 24.4. The molecule has 0 spiro atoms. The standard InChI is InChI=1S/C25H25ClF2N6O3Si.C19H11ClF2N6O2.ClH/c1-5-17-7-9-22-29-14-20(34(22)32-17)24(35)31-19-13-30-33(15-36-10-11-38(2,3)4)23(19)18-12-16(26)6-8-21(18)37-25(27)28;1-2-11-4-6-16-23-9-14(28(16)27-11)18(29)25-13-8-24-26-17(13)12-7-10(20)3-5-15(12)30-19(21)22;/h1,6-9,12-14,25H,10-11,15H2,2-4H3,(H,31,35);1,3-9,19H,(H,24,26)(H,25,29);1H. The van der Waals surface area contributed by atoms with Gasteiger partial charge in [0.15, 0.2) is 22.7 Å². The van der Waals surface area contributed by atoms with Crippen LogP contribution >= 0.6 is 35.6 Å². The zero-order chi connectivity index (χ0) is 48.7. The number of rotatable bonds is 15. The maximum Gasteiger partial charge on any atom is 0.387 e. The Morgan fingerprint density at radius 3 is 1.80 bits per heavy atom. The second-order valence-corrected chi connectivity index (χ2v) is 21.9. The van der Waals surface area contributed by atoms with Crippen LogP contribution in [-0.4, -0.2) is 88.9 Å². The van der Waals surface area contributed by atoms with Crippen LogP contribution < -0.4 is 20.1 Å². The number of fused-ring (bicyclic) bond motifs is 2. The third kappa shape index (κ3) is 12.4. The van der Waals surface area contributed by atoms with Gasteiger partial charge in [-0.25, -0.2) is 23.7 Å². The molecule has 17 nitrogen and oxygen atoms in total. The molecule has 0 unspecified atom stereocenters. The van der Waals surface area contributed by atoms with Crippen molar-refractivity contribution in [1.82, 2.24) is 49.2 Å². The largest absolute Gasteiger partial charge is 0.434 e. The SMILES string of the molecule is C#Cc1ccc2ncc(C(=O)Nc3cn[nH]c3-c3cc(Cl)ccc3OC(F)F)n2n1.C#Cc1ccc2ncc(C(=O)Nc3cnn(COCC[Si](C)(C)C)c3-c3cc(Cl)ccc3OC(F)F)n2n1.Cl. The molecular formula is C44H37Cl3F4N12O5Si. The molecule has 0 aliphatic rings. The number of benzene rings is 2. The van der Waals surface area contributed by atoms with Gasteiger partial charge in [-0.1, -0.05) is 42.8 Å². The lowest BCUT2D eigenvalue weighted by atomic mass is 10.1. The maximum absolute atomic E-state index is 13.3. The highest BCUT2D eigenvalue weighted by Gasteiger charge is 2.24. The lowest BCUT2D eigenvalue weighted by Gasteiger charge is -2.17. The van der Waals surface area contributed by atoms with Gasteiger partial charge in [-0.2, -0.15) is 38.0 Å². The molecule has 2 aromatic carbocycles. The van der Waals surface area contributed by atoms with Crippen molar-refractivity contribution in [3.8, 4) is 58.7 Å². The summed E-state index contributed by atoms with van der Waals surface area (Å²) in [4.78, 5) is 34.4. The molecule has 0 aliphatic heterocycles. The zero-order valence-electron chi connectivity index (χ0n) is 36.3. The highest BCUT2D eigenvalue weighted by Crippen LogP contribution is 2.39. The average molecular weight is 1020 g/mol. The molecule has 0 fully saturated rings. The summed E-state index contributed by atoms with van der Waals surface area (Å²) in [6.45, 7) is 1.07. The molecule has 69 heavy (non-hydrogen) atoms. The van der Waals surface area contributed by atoms with Crippen LogP contribution in [0.25, 0.3) is 33.8 Å². The summed E-state index contributed by atoms with van der Waals surface area (Å²) in [5, 5.41) is 25.2. The predicted molar refractivity (Wildman–Crippen MR) is 254 cm³/mol. The Kier molecular flexibility index (Phi) is 16.3. The maximum atomic E-state index is 13.3. The minimum absolute atomic E-state index is 0. The van der Waals surface area contributed by atoms with Crippen molar-refractivity contribution in [1.29, 1.82) is 0 Å². The van der Waals surface area contributed by atoms with Crippen molar-refractivity contribution >= 4 is 78.2 Å². The summed E-state index contributed by atoms with van der Waals surface area (Å²) < 4.78 is 71.2. The molecule has 0 bridgehead atoms. The van der Waals surface area contributed by atoms with Gasteiger partial charge in [0, 0.05) is 35.9 Å². The molecule has 8 aromatic rings. The summed E-state index contributed by atoms with van der Waals surface area (Å²) in [6, 6.07) is 15.7. The first kappa shape index (κ1) is 50.9. The first-order chi connectivity index (χ1) is 32.5. The van der Waals surface area contributed by atoms with Crippen LogP contribution in [0.2, 0.25) is 35.7 Å². The molecule has 0 saturated carbocycles. The fourth-order valence-electron chi connectivity index (χ4n) is 6.34. The number of nitrogens with zero attached hydrogens (tertiary/aromatic N) is 9. The highest BCUT2D eigenvalue weighted by atomic mass is 35.5. The van der Waals surface area contributed by atoms with E-state index in [2.05, 4.69) is 82.3 Å². The van der Waals surface area contributed by atoms with Crippen LogP contribution in [0.4, 0.5) is 28.9 Å². The minimum atomic E-state index is -3.08. The van der Waals surface area contributed by atoms with Crippen molar-refractivity contribution < 1.29 is 41.4 Å². The number of amides is 2. The number of alkyl halides is 4. The van der Waals surface area contributed by atoms with E-state index in [9.17, 15) is 27.2 Å². The van der Waals surface area contributed by atoms with E-state index in [1.165, 1.54) is 74.9 Å². The normalized spacial score (nSPS) is 11.1. The smallest absolute Gasteiger partial charge is 0.387 e. The second-order valence-electron chi connectivity index (χ2n) is 15.4. The van der Waals surface area contributed by atoms with E-state index in [0.29, 0.717) is 29.3 Å². The fourth-order valence-corrected chi connectivity index (χ4v) is 7.44. The summed E-state index contributed by atoms with van der Waals surface area (Å²) >= 11 is 12.2. The van der Waals surface area contributed by atoms with Crippen LogP contribution in [0.15, 0.2) is 85.5 Å². The molecule has 6 heterocycles. The van der Waals surface area contributed by atoms with Gasteiger partial charge in [0.2, 0.25) is 0 Å². The second kappa shape index (κ2) is 22.1. The van der Waals surface area contributed by atoms with E-state index in [0.717, 1.165) is 6.04 Å². The van der Waals surface area contributed by atoms with Crippen molar-refractivity contribution in [2.24, 2.45) is 0 Å². The van der Waals surface area contributed by atoms with E-state index in [4.69, 9.17) is 45.5 Å². The number of aromatic nitrogens is 10. The number of anilines is 2. The summed E-state index contributed by atoms with van der Waals surface area (Å²) in [5.41, 5.74) is 3.04. The monoisotopic (exact) mass is 1020 g/mol. The van der Waals surface area contributed by atoms with Gasteiger partial charge in [0.05, 0.1) is 47.6 Å². The van der Waals surface area contributed by atoms with E-state index < -0.39 is 33.1 Å². The van der Waals surface area contributed by atoms with Crippen molar-refractivity contribution in [3.05, 3.63) is 118 Å². The van der Waals surface area contributed by atoms with Crippen LogP contribution in [0, 0.1) is 24.7 Å². The molecule has 6 aromatic heterocycles. The Bertz CT molecular complexity index is 3230. The molecule has 0 atom stereocenters. The Hall–Kier alpha value is -7.47. The molecule has 356 valence electrons. The van der Waals surface area contributed by atoms with Crippen molar-refractivity contribution in [2.75, 3.05) is 17.2 Å². The van der Waals surface area contributed by atoms with Gasteiger partial charge in [0.1, 0.15) is 29.6 Å². The average Bonchev–Trinajstić information content (AvgIpc) is 4.12. The number of hydrogen-bond acceptors (Lipinski definition) is 11. The fraction of sp³-hybridized carbons (Fsp3) is 0.182. The topological polar surface area (TPSA) is 193 Å². The third-order valence-electron chi connectivity index (χ3n) is 9.51. The number of imidazole rings is 2. The van der Waals surface area contributed by atoms with Gasteiger partial charge < -0.3 is 24.8 Å². The number of carbonyl (C=O) groups excluding carboxylic acids is 2. The summed E-state index contributed by atoms with van der Waals surface area (Å²) in [7, 11) is -1.34. The molecule has 0 saturated heterocycles. The van der Waals surface area contributed by atoms with Crippen LogP contribution in [-0.2, 0) is 11.5 Å². The van der Waals surface area contributed by atoms with Crippen LogP contribution in [0.5, 0.6) is 11.5 Å². The molecule has 25 heteroatoms. The molecule has 2 amide bonds. The highest BCUT2D eigenvalue weighted by molar-refractivity contribution is 6.76. The van der Waals surface area contributed by atoms with E-state index in [-0.39, 0.29) is 86.0 Å². The summed E-state index contributed by atoms with van der Waals surface area (Å²) in [6.07, 6.45) is 16.2. The summed E-state index contributed by atoms with van der Waals surface area (Å²) in [5.74, 6) is 3.39. The van der Waals surface area contributed by atoms with Gasteiger partial charge >= 0.3 is 13.2 Å². The molecular weight excluding hydrogens is 987 g/mol. The van der Waals surface area contributed by atoms with Crippen molar-refractivity contribution in [2.45, 2.75) is 45.6 Å². The number of ether oxygens (including phenoxy) is 3. The number of hydrogen-bond donors (Lipinski definition) is 3. The first-order valence-electron chi connectivity index (χ1n) is 19.9. The van der Waals surface area contributed by atoms with Crippen molar-refractivity contribution in [3.63, 3.8) is 0 Å². The van der Waals surface area contributed by atoms with E-state index >= 15 is 0 Å². The van der Waals surface area contributed by atoms with Crippen LogP contribution in [0.1, 0.15) is 32.4 Å². The van der Waals surface area contributed by atoms with Gasteiger partial charge in [-0.05, 0) is 78.5 Å². The van der Waals surface area contributed by atoms with Crippen LogP contribution in [0.3, 0.4) is 0 Å². The molecule has 0 aliphatic carbocycles. The Labute approximate surface area is 406 Å². The quantitative estimate of drug-likeness (QED) is 0.0384. The molecule has 8 rings (SSSR count). The minimum Gasteiger partial charge on any atom is -0.434 e. The third-order valence-corrected chi connectivity index (χ3v) is 11.7. The Morgan fingerprint density at radius 1 is 0.754 bits per heavy atom. The number of aromatic amines is 1. The van der Waals surface area contributed by atoms with E-state index in [1.807, 2.05) is 0 Å². The number of terminal acetylenes is 2. The lowest BCUT2D eigenvalue weighted by molar-refractivity contribution is -0.0501. The number of nitrogens with one attached hydrogen (secondary N) is 3. The number of H-pyrrole nitrogens is 1.